The minimum atomic E-state index is -4.49. The van der Waals surface area contributed by atoms with Crippen LogP contribution in [0.1, 0.15) is 63.3 Å². The molecule has 0 unspecified atom stereocenters. The molecule has 1 aliphatic heterocycles. The number of hydrogen-bond acceptors (Lipinski definition) is 7. The third-order valence-corrected chi connectivity index (χ3v) is 7.14. The number of hydrogen-bond donors (Lipinski definition) is 0. The Kier molecular flexibility index (Phi) is 8.40. The molecule has 2 aromatic rings. The molecule has 0 aromatic carbocycles. The first-order valence-electron chi connectivity index (χ1n) is 11.5. The Morgan fingerprint density at radius 1 is 1.03 bits per heavy atom. The number of rotatable bonds is 7. The van der Waals surface area contributed by atoms with Crippen LogP contribution in [-0.4, -0.2) is 68.1 Å². The van der Waals surface area contributed by atoms with Gasteiger partial charge in [0.1, 0.15) is 23.2 Å². The Morgan fingerprint density at radius 3 is 2.29 bits per heavy atom. The summed E-state index contributed by atoms with van der Waals surface area (Å²) in [6.07, 6.45) is -1.03. The molecule has 190 valence electrons. The zero-order valence-electron chi connectivity index (χ0n) is 20.1. The molecule has 1 aliphatic carbocycles. The van der Waals surface area contributed by atoms with E-state index in [0.29, 0.717) is 24.8 Å². The van der Waals surface area contributed by atoms with Crippen LogP contribution in [0.15, 0.2) is 11.2 Å². The second-order valence-corrected chi connectivity index (χ2v) is 10.9. The first-order valence-corrected chi connectivity index (χ1v) is 12.5. The van der Waals surface area contributed by atoms with E-state index < -0.39 is 17.3 Å². The molecular weight excluding hydrogens is 487 g/mol. The molecule has 12 heteroatoms. The highest BCUT2D eigenvalue weighted by atomic mass is 35.5. The molecule has 34 heavy (non-hydrogen) atoms. The van der Waals surface area contributed by atoms with E-state index >= 15 is 0 Å². The number of thioether (sulfide) groups is 1. The number of halogens is 4. The van der Waals surface area contributed by atoms with Crippen LogP contribution >= 0.6 is 24.2 Å². The van der Waals surface area contributed by atoms with E-state index in [2.05, 4.69) is 29.6 Å². The van der Waals surface area contributed by atoms with Gasteiger partial charge in [-0.25, -0.2) is 9.97 Å². The molecular formula is C22H33ClF3N7S. The molecule has 0 amide bonds. The normalized spacial score (nSPS) is 17.7. The molecule has 1 saturated carbocycles. The second kappa shape index (κ2) is 10.6. The lowest BCUT2D eigenvalue weighted by Gasteiger charge is -2.36. The van der Waals surface area contributed by atoms with Gasteiger partial charge in [-0.1, -0.05) is 32.5 Å². The summed E-state index contributed by atoms with van der Waals surface area (Å²) >= 11 is 1.74. The topological polar surface area (TPSA) is 63.0 Å². The van der Waals surface area contributed by atoms with E-state index in [0.717, 1.165) is 48.9 Å². The molecule has 2 aliphatic rings. The van der Waals surface area contributed by atoms with Crippen molar-refractivity contribution in [3.63, 3.8) is 0 Å². The fraction of sp³-hybridized carbons (Fsp3) is 0.727. The Morgan fingerprint density at radius 2 is 1.71 bits per heavy atom. The van der Waals surface area contributed by atoms with E-state index in [1.807, 2.05) is 32.7 Å². The molecule has 3 heterocycles. The van der Waals surface area contributed by atoms with Crippen LogP contribution in [0.25, 0.3) is 0 Å². The van der Waals surface area contributed by atoms with E-state index in [-0.39, 0.29) is 18.2 Å². The van der Waals surface area contributed by atoms with Crippen molar-refractivity contribution in [1.82, 2.24) is 29.6 Å². The Balaban J connectivity index is 0.00000324. The van der Waals surface area contributed by atoms with E-state index in [1.165, 1.54) is 12.8 Å². The van der Waals surface area contributed by atoms with Crippen LogP contribution in [0, 0.1) is 0 Å². The smallest absolute Gasteiger partial charge is 0.354 e. The minimum absolute atomic E-state index is 0. The summed E-state index contributed by atoms with van der Waals surface area (Å²) in [7, 11) is 2.04. The zero-order chi connectivity index (χ0) is 23.8. The molecule has 0 bridgehead atoms. The number of alkyl halides is 3. The molecule has 7 nitrogen and oxygen atoms in total. The third kappa shape index (κ3) is 6.54. The standard InChI is InChI=1S/C22H32F3N7S.ClH/c1-21(2,3)19-26-16(22(23,24)25)14-17(27-19)32-11-9-31(10-12-32)8-5-13-33-20-29-28-18(30(20)4)15-6-7-15;/h14-15H,5-13H2,1-4H3;1H. The SMILES string of the molecule is Cl.Cn1c(SCCCN2CCN(c3cc(C(F)(F)F)nc(C(C)(C)C)n3)CC2)nnc1C1CC1. The van der Waals surface area contributed by atoms with Crippen molar-refractivity contribution in [1.29, 1.82) is 0 Å². The lowest BCUT2D eigenvalue weighted by molar-refractivity contribution is -0.141. The number of nitrogens with zero attached hydrogens (tertiary/aromatic N) is 7. The van der Waals surface area contributed by atoms with Gasteiger partial charge in [-0.05, 0) is 25.8 Å². The largest absolute Gasteiger partial charge is 0.433 e. The summed E-state index contributed by atoms with van der Waals surface area (Å²) in [5, 5.41) is 9.61. The maximum atomic E-state index is 13.4. The highest BCUT2D eigenvalue weighted by Gasteiger charge is 2.36. The first kappa shape index (κ1) is 27.0. The van der Waals surface area contributed by atoms with Gasteiger partial charge >= 0.3 is 6.18 Å². The van der Waals surface area contributed by atoms with Crippen LogP contribution in [0.3, 0.4) is 0 Å². The predicted molar refractivity (Wildman–Crippen MR) is 130 cm³/mol. The third-order valence-electron chi connectivity index (χ3n) is 6.03. The predicted octanol–water partition coefficient (Wildman–Crippen LogP) is 4.53. The Hall–Kier alpha value is -1.59. The summed E-state index contributed by atoms with van der Waals surface area (Å²) in [6, 6.07) is 1.08. The number of anilines is 1. The van der Waals surface area contributed by atoms with Gasteiger partial charge in [0.05, 0.1) is 0 Å². The summed E-state index contributed by atoms with van der Waals surface area (Å²) in [6.45, 7) is 9.35. The van der Waals surface area contributed by atoms with Gasteiger partial charge in [-0.2, -0.15) is 13.2 Å². The maximum Gasteiger partial charge on any atom is 0.433 e. The molecule has 2 aromatic heterocycles. The van der Waals surface area contributed by atoms with Gasteiger partial charge < -0.3 is 9.47 Å². The van der Waals surface area contributed by atoms with Crippen molar-refractivity contribution >= 4 is 30.0 Å². The van der Waals surface area contributed by atoms with Crippen molar-refractivity contribution in [3.8, 4) is 0 Å². The van der Waals surface area contributed by atoms with E-state index in [4.69, 9.17) is 0 Å². The molecule has 1 saturated heterocycles. The van der Waals surface area contributed by atoms with Gasteiger partial charge in [0.2, 0.25) is 0 Å². The van der Waals surface area contributed by atoms with E-state index in [1.54, 1.807) is 11.8 Å². The van der Waals surface area contributed by atoms with Gasteiger partial charge in [0.15, 0.2) is 5.16 Å². The summed E-state index contributed by atoms with van der Waals surface area (Å²) in [4.78, 5) is 12.6. The van der Waals surface area contributed by atoms with Crippen LogP contribution in [0.5, 0.6) is 0 Å². The van der Waals surface area contributed by atoms with Crippen LogP contribution in [0.4, 0.5) is 19.0 Å². The molecule has 0 radical (unpaired) electrons. The summed E-state index contributed by atoms with van der Waals surface area (Å²) in [5.74, 6) is 3.25. The highest BCUT2D eigenvalue weighted by molar-refractivity contribution is 7.99. The van der Waals surface area contributed by atoms with Crippen molar-refractivity contribution in [3.05, 3.63) is 23.4 Å². The summed E-state index contributed by atoms with van der Waals surface area (Å²) in [5.41, 5.74) is -1.43. The average molecular weight is 520 g/mol. The van der Waals surface area contributed by atoms with Crippen molar-refractivity contribution in [2.45, 2.75) is 62.7 Å². The number of aromatic nitrogens is 5. The number of piperazine rings is 1. The van der Waals surface area contributed by atoms with Crippen molar-refractivity contribution in [2.24, 2.45) is 7.05 Å². The van der Waals surface area contributed by atoms with Crippen LogP contribution < -0.4 is 4.90 Å². The van der Waals surface area contributed by atoms with Gasteiger partial charge in [0.25, 0.3) is 0 Å². The van der Waals surface area contributed by atoms with Crippen LogP contribution in [0.2, 0.25) is 0 Å². The van der Waals surface area contributed by atoms with Crippen molar-refractivity contribution in [2.75, 3.05) is 43.4 Å². The zero-order valence-corrected chi connectivity index (χ0v) is 21.7. The van der Waals surface area contributed by atoms with Gasteiger partial charge in [-0.15, -0.1) is 22.6 Å². The van der Waals surface area contributed by atoms with Gasteiger partial charge in [0, 0.05) is 56.4 Å². The highest BCUT2D eigenvalue weighted by Crippen LogP contribution is 2.39. The van der Waals surface area contributed by atoms with Crippen molar-refractivity contribution < 1.29 is 13.2 Å². The van der Waals surface area contributed by atoms with Gasteiger partial charge in [-0.3, -0.25) is 4.90 Å². The Bertz CT molecular complexity index is 932. The molecule has 4 rings (SSSR count). The average Bonchev–Trinajstić information content (AvgIpc) is 3.53. The lowest BCUT2D eigenvalue weighted by Crippen LogP contribution is -2.47. The first-order chi connectivity index (χ1) is 15.5. The summed E-state index contributed by atoms with van der Waals surface area (Å²) < 4.78 is 42.3. The fourth-order valence-corrected chi connectivity index (χ4v) is 4.72. The fourth-order valence-electron chi connectivity index (χ4n) is 3.88. The maximum absolute atomic E-state index is 13.4. The Labute approximate surface area is 209 Å². The quantitative estimate of drug-likeness (QED) is 0.393. The molecule has 0 spiro atoms. The molecule has 2 fully saturated rings. The second-order valence-electron chi connectivity index (χ2n) is 9.89. The monoisotopic (exact) mass is 519 g/mol. The van der Waals surface area contributed by atoms with E-state index in [9.17, 15) is 13.2 Å². The molecule has 0 atom stereocenters. The minimum Gasteiger partial charge on any atom is -0.354 e. The molecule has 0 N–H and O–H groups in total. The van der Waals surface area contributed by atoms with Crippen LogP contribution in [-0.2, 0) is 18.6 Å². The lowest BCUT2D eigenvalue weighted by atomic mass is 9.95.